The minimum absolute atomic E-state index is 0.0907. The lowest BCUT2D eigenvalue weighted by molar-refractivity contribution is -0.157. The largest absolute Gasteiger partial charge is 0.342 e. The molecule has 1 unspecified atom stereocenters. The molecular weight excluding hydrogens is 292 g/mol. The molecule has 0 bridgehead atoms. The molecule has 1 spiro atoms. The lowest BCUT2D eigenvalue weighted by Gasteiger charge is -2.46. The molecular formula is C14H24N2O4S. The van der Waals surface area contributed by atoms with Gasteiger partial charge in [0, 0.05) is 12.8 Å². The minimum Gasteiger partial charge on any atom is -0.342 e. The maximum atomic E-state index is 12.7. The molecule has 1 aliphatic carbocycles. The summed E-state index contributed by atoms with van der Waals surface area (Å²) in [5, 5.41) is 2.85. The van der Waals surface area contributed by atoms with Crippen molar-refractivity contribution in [3.05, 3.63) is 0 Å². The third-order valence-electron chi connectivity index (χ3n) is 4.50. The predicted molar refractivity (Wildman–Crippen MR) is 79.5 cm³/mol. The van der Waals surface area contributed by atoms with Crippen LogP contribution in [0.4, 0.5) is 0 Å². The number of amides is 2. The Morgan fingerprint density at radius 3 is 2.43 bits per heavy atom. The van der Waals surface area contributed by atoms with Gasteiger partial charge < -0.3 is 10.2 Å². The summed E-state index contributed by atoms with van der Waals surface area (Å²) >= 11 is 0. The Morgan fingerprint density at radius 2 is 1.90 bits per heavy atom. The van der Waals surface area contributed by atoms with Crippen molar-refractivity contribution in [2.24, 2.45) is 0 Å². The maximum Gasteiger partial charge on any atom is 0.246 e. The molecule has 1 heterocycles. The molecule has 120 valence electrons. The highest BCUT2D eigenvalue weighted by Crippen LogP contribution is 2.38. The van der Waals surface area contributed by atoms with Gasteiger partial charge in [0.1, 0.15) is 21.4 Å². The number of nitrogens with one attached hydrogen (secondary N) is 1. The first-order chi connectivity index (χ1) is 9.80. The Balaban J connectivity index is 2.26. The van der Waals surface area contributed by atoms with Crippen LogP contribution in [0.2, 0.25) is 0 Å². The van der Waals surface area contributed by atoms with Crippen molar-refractivity contribution in [3.63, 3.8) is 0 Å². The van der Waals surface area contributed by atoms with E-state index in [0.29, 0.717) is 19.3 Å². The second kappa shape index (κ2) is 5.94. The molecule has 21 heavy (non-hydrogen) atoms. The molecule has 6 nitrogen and oxygen atoms in total. The Kier molecular flexibility index (Phi) is 4.60. The van der Waals surface area contributed by atoms with Crippen LogP contribution in [0, 0.1) is 0 Å². The summed E-state index contributed by atoms with van der Waals surface area (Å²) in [6.07, 6.45) is 5.61. The van der Waals surface area contributed by atoms with E-state index >= 15 is 0 Å². The van der Waals surface area contributed by atoms with E-state index in [1.807, 2.05) is 6.92 Å². The molecule has 7 heteroatoms. The molecule has 2 amide bonds. The predicted octanol–water partition coefficient (Wildman–Crippen LogP) is 0.471. The number of carbonyl (C=O) groups excluding carboxylic acids is 2. The fraction of sp³-hybridized carbons (Fsp3) is 0.857. The van der Waals surface area contributed by atoms with Gasteiger partial charge in [0.2, 0.25) is 11.8 Å². The van der Waals surface area contributed by atoms with Crippen LogP contribution >= 0.6 is 0 Å². The lowest BCUT2D eigenvalue weighted by Crippen LogP contribution is -2.70. The van der Waals surface area contributed by atoms with E-state index in [4.69, 9.17) is 0 Å². The zero-order valence-electron chi connectivity index (χ0n) is 12.7. The van der Waals surface area contributed by atoms with Gasteiger partial charge in [-0.25, -0.2) is 8.42 Å². The van der Waals surface area contributed by atoms with Crippen molar-refractivity contribution < 1.29 is 18.0 Å². The number of nitrogens with zero attached hydrogens (tertiary/aromatic N) is 1. The highest BCUT2D eigenvalue weighted by atomic mass is 32.2. The Bertz CT molecular complexity index is 523. The number of carbonyl (C=O) groups is 2. The third kappa shape index (κ3) is 3.22. The normalized spacial score (nSPS) is 25.4. The van der Waals surface area contributed by atoms with Crippen molar-refractivity contribution in [1.29, 1.82) is 0 Å². The number of sulfone groups is 1. The van der Waals surface area contributed by atoms with Crippen LogP contribution in [-0.4, -0.2) is 55.3 Å². The van der Waals surface area contributed by atoms with Crippen LogP contribution in [0.15, 0.2) is 0 Å². The molecule has 0 radical (unpaired) electrons. The summed E-state index contributed by atoms with van der Waals surface area (Å²) in [4.78, 5) is 26.7. The Morgan fingerprint density at radius 1 is 1.29 bits per heavy atom. The quantitative estimate of drug-likeness (QED) is 0.799. The lowest BCUT2D eigenvalue weighted by atomic mass is 9.88. The fourth-order valence-corrected chi connectivity index (χ4v) is 3.91. The van der Waals surface area contributed by atoms with Crippen molar-refractivity contribution >= 4 is 21.7 Å². The van der Waals surface area contributed by atoms with Crippen LogP contribution < -0.4 is 5.32 Å². The Hall–Kier alpha value is -1.11. The van der Waals surface area contributed by atoms with Crippen LogP contribution in [0.5, 0.6) is 0 Å². The van der Waals surface area contributed by atoms with Gasteiger partial charge in [-0.2, -0.15) is 0 Å². The van der Waals surface area contributed by atoms with Crippen LogP contribution in [0.3, 0.4) is 0 Å². The topological polar surface area (TPSA) is 83.6 Å². The van der Waals surface area contributed by atoms with Crippen LogP contribution in [0.25, 0.3) is 0 Å². The van der Waals surface area contributed by atoms with Crippen molar-refractivity contribution in [2.75, 3.05) is 18.6 Å². The van der Waals surface area contributed by atoms with E-state index in [9.17, 15) is 18.0 Å². The molecule has 1 aliphatic heterocycles. The van der Waals surface area contributed by atoms with E-state index in [-0.39, 0.29) is 24.1 Å². The second-order valence-corrected chi connectivity index (χ2v) is 8.43. The highest BCUT2D eigenvalue weighted by Gasteiger charge is 2.53. The second-order valence-electron chi connectivity index (χ2n) is 6.17. The first-order valence-electron chi connectivity index (χ1n) is 7.60. The summed E-state index contributed by atoms with van der Waals surface area (Å²) in [5.41, 5.74) is -0.813. The molecule has 2 fully saturated rings. The number of hydrogen-bond acceptors (Lipinski definition) is 4. The van der Waals surface area contributed by atoms with E-state index in [1.54, 1.807) is 4.90 Å². The average Bonchev–Trinajstić information content (AvgIpc) is 2.85. The number of hydrogen-bond donors (Lipinski definition) is 1. The standard InChI is InChI=1S/C14H24N2O4S/c1-3-6-11-12(17)16(9-10-21(2,19)20)14(13(18)15-11)7-4-5-8-14/h11H,3-10H2,1-2H3,(H,15,18). The van der Waals surface area contributed by atoms with Gasteiger partial charge in [-0.1, -0.05) is 26.2 Å². The molecule has 2 rings (SSSR count). The first-order valence-corrected chi connectivity index (χ1v) is 9.66. The SMILES string of the molecule is CCCC1NC(=O)C2(CCCC2)N(CCS(C)(=O)=O)C1=O. The monoisotopic (exact) mass is 316 g/mol. The van der Waals surface area contributed by atoms with Gasteiger partial charge in [0.05, 0.1) is 5.75 Å². The zero-order chi connectivity index (χ0) is 15.7. The fourth-order valence-electron chi connectivity index (χ4n) is 3.40. The van der Waals surface area contributed by atoms with Crippen molar-refractivity contribution in [3.8, 4) is 0 Å². The van der Waals surface area contributed by atoms with Crippen molar-refractivity contribution in [1.82, 2.24) is 10.2 Å². The third-order valence-corrected chi connectivity index (χ3v) is 5.43. The molecule has 1 saturated heterocycles. The van der Waals surface area contributed by atoms with Gasteiger partial charge in [-0.3, -0.25) is 9.59 Å². The highest BCUT2D eigenvalue weighted by molar-refractivity contribution is 7.90. The summed E-state index contributed by atoms with van der Waals surface area (Å²) in [6.45, 7) is 2.07. The van der Waals surface area contributed by atoms with Crippen LogP contribution in [0.1, 0.15) is 45.4 Å². The molecule has 1 saturated carbocycles. The van der Waals surface area contributed by atoms with Gasteiger partial charge in [-0.05, 0) is 19.3 Å². The Labute approximate surface area is 126 Å². The van der Waals surface area contributed by atoms with Crippen LogP contribution in [-0.2, 0) is 19.4 Å². The van der Waals surface area contributed by atoms with Gasteiger partial charge >= 0.3 is 0 Å². The maximum absolute atomic E-state index is 12.7. The van der Waals surface area contributed by atoms with E-state index in [0.717, 1.165) is 25.5 Å². The van der Waals surface area contributed by atoms with E-state index in [2.05, 4.69) is 5.32 Å². The van der Waals surface area contributed by atoms with Gasteiger partial charge in [0.15, 0.2) is 0 Å². The smallest absolute Gasteiger partial charge is 0.246 e. The molecule has 0 aromatic carbocycles. The van der Waals surface area contributed by atoms with Crippen molar-refractivity contribution in [2.45, 2.75) is 57.0 Å². The summed E-state index contributed by atoms with van der Waals surface area (Å²) in [5.74, 6) is -0.319. The zero-order valence-corrected chi connectivity index (χ0v) is 13.5. The van der Waals surface area contributed by atoms with E-state index < -0.39 is 21.4 Å². The number of piperazine rings is 1. The van der Waals surface area contributed by atoms with Gasteiger partial charge in [0.25, 0.3) is 0 Å². The molecule has 2 aliphatic rings. The summed E-state index contributed by atoms with van der Waals surface area (Å²) in [7, 11) is -3.17. The molecule has 1 atom stereocenters. The summed E-state index contributed by atoms with van der Waals surface area (Å²) < 4.78 is 22.9. The first kappa shape index (κ1) is 16.3. The molecule has 0 aromatic heterocycles. The van der Waals surface area contributed by atoms with E-state index in [1.165, 1.54) is 0 Å². The minimum atomic E-state index is -3.17. The van der Waals surface area contributed by atoms with Gasteiger partial charge in [-0.15, -0.1) is 0 Å². The summed E-state index contributed by atoms with van der Waals surface area (Å²) in [6, 6.07) is -0.506. The molecule has 1 N–H and O–H groups in total. The molecule has 0 aromatic rings. The average molecular weight is 316 g/mol. The number of rotatable bonds is 5.